The minimum absolute atomic E-state index is 0.0306. The molecule has 1 unspecified atom stereocenters. The standard InChI is InChI=1S/C50H60F3N11O8/c1-48(2,26-49(3,4)62-20-18-60(19-21-62)34-13-9-12-30-39(34)44(69)64(43(30)68)35-14-15-38(65)57-42(35)67)45(70)61-17-16-28(25-61)55-41(66)31-22-37(72-6)33(23-32(31)51)56-47-54-24-36-40(58-47)63(29-10-7-8-11-29)27-50(52,53)46(71)59(36)5/h9,12-13,22-24,28-29,35H,7-8,10-11,14-21,25-27H2,1-6H3,(H,55,66)(H,54,56,58)(H,57,65,67)/t28-,35?/m0/s1. The average Bonchev–Trinajstić information content (AvgIpc) is 4.10. The maximum Gasteiger partial charge on any atom is 0.342 e. The molecule has 384 valence electrons. The number of piperidine rings is 1. The molecule has 0 bridgehead atoms. The number of amides is 7. The average molecular weight is 1000 g/mol. The quantitative estimate of drug-likeness (QED) is 0.214. The van der Waals surface area contributed by atoms with E-state index in [2.05, 4.69) is 49.6 Å². The minimum atomic E-state index is -3.66. The summed E-state index contributed by atoms with van der Waals surface area (Å²) in [4.78, 5) is 110. The first kappa shape index (κ1) is 50.1. The summed E-state index contributed by atoms with van der Waals surface area (Å²) < 4.78 is 51.7. The van der Waals surface area contributed by atoms with E-state index in [9.17, 15) is 33.6 Å². The molecule has 2 atom stereocenters. The molecule has 7 amide bonds. The Labute approximate surface area is 414 Å². The van der Waals surface area contributed by atoms with Crippen LogP contribution in [0.4, 0.5) is 42.0 Å². The van der Waals surface area contributed by atoms with Crippen LogP contribution in [0.25, 0.3) is 0 Å². The number of carbonyl (C=O) groups excluding carboxylic acids is 7. The lowest BCUT2D eigenvalue weighted by Gasteiger charge is -2.47. The van der Waals surface area contributed by atoms with Gasteiger partial charge in [-0.15, -0.1) is 0 Å². The van der Waals surface area contributed by atoms with Gasteiger partial charge < -0.3 is 35.0 Å². The summed E-state index contributed by atoms with van der Waals surface area (Å²) >= 11 is 0. The molecular weight excluding hydrogens is 940 g/mol. The van der Waals surface area contributed by atoms with Gasteiger partial charge in [0.2, 0.25) is 23.7 Å². The Morgan fingerprint density at radius 1 is 0.931 bits per heavy atom. The lowest BCUT2D eigenvalue weighted by Crippen LogP contribution is -2.57. The van der Waals surface area contributed by atoms with Crippen LogP contribution in [0, 0.1) is 11.2 Å². The summed E-state index contributed by atoms with van der Waals surface area (Å²) in [6.07, 6.45) is 5.33. The number of hydrogen-bond acceptors (Lipinski definition) is 14. The fourth-order valence-corrected chi connectivity index (χ4v) is 11.6. The first-order valence-corrected chi connectivity index (χ1v) is 24.5. The number of piperazine rings is 1. The van der Waals surface area contributed by atoms with Gasteiger partial charge >= 0.3 is 5.92 Å². The number of likely N-dealkylation sites (tertiary alicyclic amines) is 1. The summed E-state index contributed by atoms with van der Waals surface area (Å²) in [6.45, 7) is 10.00. The van der Waals surface area contributed by atoms with Crippen molar-refractivity contribution in [1.82, 2.24) is 35.3 Å². The number of methoxy groups -OCH3 is 1. The van der Waals surface area contributed by atoms with Gasteiger partial charge in [0.25, 0.3) is 23.6 Å². The maximum absolute atomic E-state index is 15.9. The number of hydrogen-bond donors (Lipinski definition) is 3. The van der Waals surface area contributed by atoms with Gasteiger partial charge in [-0.05, 0) is 64.2 Å². The van der Waals surface area contributed by atoms with Gasteiger partial charge in [0.15, 0.2) is 5.82 Å². The van der Waals surface area contributed by atoms with E-state index >= 15 is 13.2 Å². The highest BCUT2D eigenvalue weighted by atomic mass is 19.3. The molecule has 72 heavy (non-hydrogen) atoms. The summed E-state index contributed by atoms with van der Waals surface area (Å²) in [5.74, 6) is -8.76. The predicted molar refractivity (Wildman–Crippen MR) is 258 cm³/mol. The Morgan fingerprint density at radius 2 is 1.65 bits per heavy atom. The van der Waals surface area contributed by atoms with Crippen molar-refractivity contribution in [1.29, 1.82) is 0 Å². The summed E-state index contributed by atoms with van der Waals surface area (Å²) in [6, 6.07) is 5.61. The number of aromatic nitrogens is 2. The van der Waals surface area contributed by atoms with Crippen LogP contribution in [0.1, 0.15) is 110 Å². The lowest BCUT2D eigenvalue weighted by atomic mass is 9.78. The summed E-state index contributed by atoms with van der Waals surface area (Å²) in [7, 11) is 2.59. The molecule has 19 nitrogen and oxygen atoms in total. The maximum atomic E-state index is 15.9. The molecule has 2 aromatic carbocycles. The highest BCUT2D eigenvalue weighted by molar-refractivity contribution is 6.25. The normalized spacial score (nSPS) is 22.0. The molecule has 22 heteroatoms. The number of rotatable bonds is 12. The van der Waals surface area contributed by atoms with Gasteiger partial charge in [0.1, 0.15) is 23.3 Å². The van der Waals surface area contributed by atoms with Gasteiger partial charge in [0, 0.05) is 81.8 Å². The minimum Gasteiger partial charge on any atom is -0.495 e. The number of nitrogens with zero attached hydrogens (tertiary/aromatic N) is 8. The Kier molecular flexibility index (Phi) is 13.2. The van der Waals surface area contributed by atoms with Crippen LogP contribution in [-0.2, 0) is 19.2 Å². The highest BCUT2D eigenvalue weighted by Gasteiger charge is 2.50. The van der Waals surface area contributed by atoms with Crippen molar-refractivity contribution in [3.63, 3.8) is 0 Å². The second-order valence-corrected chi connectivity index (χ2v) is 20.9. The number of anilines is 5. The van der Waals surface area contributed by atoms with E-state index in [4.69, 9.17) is 4.74 Å². The number of benzene rings is 2. The second kappa shape index (κ2) is 19.0. The number of carbonyl (C=O) groups is 7. The highest BCUT2D eigenvalue weighted by Crippen LogP contribution is 2.42. The van der Waals surface area contributed by atoms with E-state index in [1.807, 2.05) is 13.8 Å². The van der Waals surface area contributed by atoms with Gasteiger partial charge in [-0.2, -0.15) is 13.8 Å². The van der Waals surface area contributed by atoms with Crippen LogP contribution >= 0.6 is 0 Å². The van der Waals surface area contributed by atoms with Crippen LogP contribution in [-0.4, -0.2) is 156 Å². The van der Waals surface area contributed by atoms with Crippen LogP contribution < -0.4 is 35.4 Å². The number of halogens is 3. The van der Waals surface area contributed by atoms with Crippen molar-refractivity contribution in [3.8, 4) is 5.75 Å². The molecule has 5 aliphatic heterocycles. The van der Waals surface area contributed by atoms with E-state index in [0.717, 1.165) is 28.7 Å². The molecule has 0 radical (unpaired) electrons. The number of fused-ring (bicyclic) bond motifs is 2. The predicted octanol–water partition coefficient (Wildman–Crippen LogP) is 4.48. The van der Waals surface area contributed by atoms with Crippen molar-refractivity contribution in [2.45, 2.75) is 109 Å². The van der Waals surface area contributed by atoms with Crippen molar-refractivity contribution in [2.24, 2.45) is 5.41 Å². The molecule has 3 aromatic rings. The summed E-state index contributed by atoms with van der Waals surface area (Å²) in [5.41, 5.74) is -0.303. The lowest BCUT2D eigenvalue weighted by molar-refractivity contribution is -0.141. The van der Waals surface area contributed by atoms with Crippen LogP contribution in [0.3, 0.4) is 0 Å². The monoisotopic (exact) mass is 999 g/mol. The zero-order chi connectivity index (χ0) is 51.6. The molecule has 6 heterocycles. The molecule has 3 saturated heterocycles. The third-order valence-electron chi connectivity index (χ3n) is 15.1. The fraction of sp³-hybridized carbons (Fsp3) is 0.540. The van der Waals surface area contributed by atoms with Crippen LogP contribution in [0.2, 0.25) is 0 Å². The Morgan fingerprint density at radius 3 is 2.35 bits per heavy atom. The van der Waals surface area contributed by atoms with E-state index < -0.39 is 76.8 Å². The SMILES string of the molecule is COc1cc(C(=O)N[C@H]2CCN(C(=O)C(C)(C)CC(C)(C)N3CCN(c4cccc5c4C(=O)N(C4CCC(=O)NC4=O)C5=O)CC3)C2)c(F)cc1Nc1ncc2c(n1)N(C1CCCC1)CC(F)(F)C(=O)N2C. The number of alkyl halides is 2. The van der Waals surface area contributed by atoms with Gasteiger partial charge in [-0.3, -0.25) is 48.7 Å². The van der Waals surface area contributed by atoms with E-state index in [1.54, 1.807) is 23.1 Å². The van der Waals surface area contributed by atoms with Crippen molar-refractivity contribution >= 4 is 70.2 Å². The molecule has 9 rings (SSSR count). The van der Waals surface area contributed by atoms with Crippen LogP contribution in [0.15, 0.2) is 36.5 Å². The smallest absolute Gasteiger partial charge is 0.342 e. The molecule has 4 fully saturated rings. The molecule has 1 saturated carbocycles. The Hall–Kier alpha value is -6.84. The first-order valence-electron chi connectivity index (χ1n) is 24.5. The second-order valence-electron chi connectivity index (χ2n) is 20.9. The first-order chi connectivity index (χ1) is 34.1. The van der Waals surface area contributed by atoms with Crippen molar-refractivity contribution < 1.29 is 51.5 Å². The van der Waals surface area contributed by atoms with Crippen molar-refractivity contribution in [3.05, 3.63) is 59.0 Å². The molecule has 3 N–H and O–H groups in total. The largest absolute Gasteiger partial charge is 0.495 e. The Bertz CT molecular complexity index is 2740. The van der Waals surface area contributed by atoms with Gasteiger partial charge in [-0.25, -0.2) is 9.37 Å². The van der Waals surface area contributed by atoms with Crippen LogP contribution in [0.5, 0.6) is 5.75 Å². The topological polar surface area (TPSA) is 210 Å². The zero-order valence-corrected chi connectivity index (χ0v) is 41.3. The molecule has 1 aromatic heterocycles. The molecule has 6 aliphatic rings. The molecule has 0 spiro atoms. The third-order valence-corrected chi connectivity index (χ3v) is 15.1. The van der Waals surface area contributed by atoms with E-state index in [1.165, 1.54) is 31.3 Å². The summed E-state index contributed by atoms with van der Waals surface area (Å²) in [5, 5.41) is 8.02. The number of nitrogens with one attached hydrogen (secondary N) is 3. The fourth-order valence-electron chi connectivity index (χ4n) is 11.6. The Balaban J connectivity index is 0.804. The molecule has 1 aliphatic carbocycles. The number of imide groups is 2. The van der Waals surface area contributed by atoms with E-state index in [-0.39, 0.29) is 76.9 Å². The van der Waals surface area contributed by atoms with E-state index in [0.29, 0.717) is 64.1 Å². The number of ether oxygens (including phenoxy) is 1. The van der Waals surface area contributed by atoms with Gasteiger partial charge in [-0.1, -0.05) is 32.8 Å². The molecular formula is C50H60F3N11O8. The van der Waals surface area contributed by atoms with Gasteiger partial charge in [0.05, 0.1) is 47.9 Å². The zero-order valence-electron chi connectivity index (χ0n) is 41.3. The third kappa shape index (κ3) is 9.28. The van der Waals surface area contributed by atoms with Crippen molar-refractivity contribution in [2.75, 3.05) is 80.0 Å².